The van der Waals surface area contributed by atoms with E-state index in [0.29, 0.717) is 6.04 Å². The number of aromatic hydroxyl groups is 2. The number of hydrogen-bond donors (Lipinski definition) is 3. The summed E-state index contributed by atoms with van der Waals surface area (Å²) in [6, 6.07) is 4.92. The molecule has 14 heavy (non-hydrogen) atoms. The highest BCUT2D eigenvalue weighted by Gasteiger charge is 2.11. The topological polar surface area (TPSA) is 52.5 Å². The molecule has 0 heterocycles. The molecule has 1 atom stereocenters. The summed E-state index contributed by atoms with van der Waals surface area (Å²) in [5.41, 5.74) is 0.721. The number of hydrogen-bond acceptors (Lipinski definition) is 3. The van der Waals surface area contributed by atoms with Crippen LogP contribution in [0.2, 0.25) is 0 Å². The Labute approximate surface area is 84.4 Å². The van der Waals surface area contributed by atoms with Crippen LogP contribution in [0, 0.1) is 0 Å². The highest BCUT2D eigenvalue weighted by molar-refractivity contribution is 5.40. The van der Waals surface area contributed by atoms with Gasteiger partial charge in [0.05, 0.1) is 0 Å². The van der Waals surface area contributed by atoms with E-state index in [1.807, 2.05) is 20.8 Å². The Morgan fingerprint density at radius 2 is 1.79 bits per heavy atom. The Hall–Kier alpha value is -1.22. The van der Waals surface area contributed by atoms with Gasteiger partial charge in [0, 0.05) is 17.6 Å². The van der Waals surface area contributed by atoms with Crippen molar-refractivity contribution in [1.29, 1.82) is 0 Å². The SMILES string of the molecule is CC(C)NC(C)c1cc(O)ccc1O. The first kappa shape index (κ1) is 10.9. The van der Waals surface area contributed by atoms with Crippen LogP contribution in [-0.2, 0) is 0 Å². The molecule has 78 valence electrons. The van der Waals surface area contributed by atoms with Crippen molar-refractivity contribution in [3.8, 4) is 11.5 Å². The minimum Gasteiger partial charge on any atom is -0.508 e. The van der Waals surface area contributed by atoms with Gasteiger partial charge in [0.1, 0.15) is 11.5 Å². The zero-order valence-corrected chi connectivity index (χ0v) is 8.78. The number of rotatable bonds is 3. The summed E-state index contributed by atoms with van der Waals surface area (Å²) in [5.74, 6) is 0.388. The molecule has 1 aromatic rings. The van der Waals surface area contributed by atoms with E-state index in [4.69, 9.17) is 0 Å². The second-order valence-electron chi connectivity index (χ2n) is 3.79. The van der Waals surface area contributed by atoms with Crippen molar-refractivity contribution in [1.82, 2.24) is 5.32 Å². The Morgan fingerprint density at radius 3 is 2.36 bits per heavy atom. The van der Waals surface area contributed by atoms with E-state index in [0.717, 1.165) is 5.56 Å². The summed E-state index contributed by atoms with van der Waals surface area (Å²) in [5, 5.41) is 22.1. The maximum atomic E-state index is 9.57. The van der Waals surface area contributed by atoms with Crippen LogP contribution < -0.4 is 5.32 Å². The van der Waals surface area contributed by atoms with Gasteiger partial charge in [0.2, 0.25) is 0 Å². The molecule has 0 aliphatic carbocycles. The second kappa shape index (κ2) is 4.33. The normalized spacial score (nSPS) is 13.1. The first-order valence-electron chi connectivity index (χ1n) is 4.78. The predicted molar refractivity (Wildman–Crippen MR) is 56.5 cm³/mol. The van der Waals surface area contributed by atoms with Crippen LogP contribution in [0.4, 0.5) is 0 Å². The monoisotopic (exact) mass is 195 g/mol. The van der Waals surface area contributed by atoms with Gasteiger partial charge in [-0.3, -0.25) is 0 Å². The van der Waals surface area contributed by atoms with Crippen LogP contribution >= 0.6 is 0 Å². The van der Waals surface area contributed by atoms with Crippen molar-refractivity contribution in [2.45, 2.75) is 32.9 Å². The standard InChI is InChI=1S/C11H17NO2/c1-7(2)12-8(3)10-6-9(13)4-5-11(10)14/h4-8,12-14H,1-3H3. The third-order valence-corrected chi connectivity index (χ3v) is 2.06. The number of nitrogens with one attached hydrogen (secondary N) is 1. The fourth-order valence-corrected chi connectivity index (χ4v) is 1.48. The summed E-state index contributed by atoms with van der Waals surface area (Å²) in [4.78, 5) is 0. The molecular formula is C11H17NO2. The molecular weight excluding hydrogens is 178 g/mol. The van der Waals surface area contributed by atoms with Gasteiger partial charge < -0.3 is 15.5 Å². The van der Waals surface area contributed by atoms with Crippen LogP contribution in [0.25, 0.3) is 0 Å². The zero-order valence-electron chi connectivity index (χ0n) is 8.78. The lowest BCUT2D eigenvalue weighted by Gasteiger charge is -2.18. The van der Waals surface area contributed by atoms with Gasteiger partial charge in [-0.1, -0.05) is 13.8 Å². The molecule has 3 N–H and O–H groups in total. The highest BCUT2D eigenvalue weighted by Crippen LogP contribution is 2.27. The third-order valence-electron chi connectivity index (χ3n) is 2.06. The van der Waals surface area contributed by atoms with Crippen LogP contribution in [0.15, 0.2) is 18.2 Å². The Morgan fingerprint density at radius 1 is 1.14 bits per heavy atom. The van der Waals surface area contributed by atoms with E-state index in [9.17, 15) is 10.2 Å². The molecule has 0 fully saturated rings. The lowest BCUT2D eigenvalue weighted by atomic mass is 10.1. The van der Waals surface area contributed by atoms with E-state index >= 15 is 0 Å². The average molecular weight is 195 g/mol. The molecule has 0 saturated heterocycles. The molecule has 1 rings (SSSR count). The molecule has 0 radical (unpaired) electrons. The lowest BCUT2D eigenvalue weighted by molar-refractivity contribution is 0.432. The average Bonchev–Trinajstić information content (AvgIpc) is 2.08. The summed E-state index contributed by atoms with van der Waals surface area (Å²) in [6.07, 6.45) is 0. The van der Waals surface area contributed by atoms with Gasteiger partial charge in [-0.2, -0.15) is 0 Å². The summed E-state index contributed by atoms with van der Waals surface area (Å²) in [6.45, 7) is 6.03. The molecule has 0 aliphatic heterocycles. The summed E-state index contributed by atoms with van der Waals surface area (Å²) < 4.78 is 0. The third kappa shape index (κ3) is 2.64. The fraction of sp³-hybridized carbons (Fsp3) is 0.455. The van der Waals surface area contributed by atoms with Crippen molar-refractivity contribution in [3.05, 3.63) is 23.8 Å². The molecule has 3 heteroatoms. The maximum Gasteiger partial charge on any atom is 0.120 e. The van der Waals surface area contributed by atoms with Gasteiger partial charge >= 0.3 is 0 Å². The molecule has 0 aromatic heterocycles. The van der Waals surface area contributed by atoms with Gasteiger partial charge in [-0.25, -0.2) is 0 Å². The first-order valence-corrected chi connectivity index (χ1v) is 4.78. The van der Waals surface area contributed by atoms with Crippen molar-refractivity contribution in [2.75, 3.05) is 0 Å². The van der Waals surface area contributed by atoms with Crippen molar-refractivity contribution in [3.63, 3.8) is 0 Å². The number of benzene rings is 1. The van der Waals surface area contributed by atoms with Gasteiger partial charge in [-0.15, -0.1) is 0 Å². The van der Waals surface area contributed by atoms with Crippen LogP contribution in [0.5, 0.6) is 11.5 Å². The Kier molecular flexibility index (Phi) is 3.36. The van der Waals surface area contributed by atoms with E-state index in [2.05, 4.69) is 5.32 Å². The van der Waals surface area contributed by atoms with Gasteiger partial charge in [0.15, 0.2) is 0 Å². The molecule has 0 bridgehead atoms. The molecule has 3 nitrogen and oxygen atoms in total. The highest BCUT2D eigenvalue weighted by atomic mass is 16.3. The van der Waals surface area contributed by atoms with Crippen LogP contribution in [-0.4, -0.2) is 16.3 Å². The molecule has 0 aliphatic rings. The predicted octanol–water partition coefficient (Wildman–Crippen LogP) is 2.16. The maximum absolute atomic E-state index is 9.57. The minimum absolute atomic E-state index is 0.0297. The van der Waals surface area contributed by atoms with Crippen LogP contribution in [0.1, 0.15) is 32.4 Å². The minimum atomic E-state index is 0.0297. The summed E-state index contributed by atoms with van der Waals surface area (Å²) >= 11 is 0. The van der Waals surface area contributed by atoms with Gasteiger partial charge in [-0.05, 0) is 25.1 Å². The van der Waals surface area contributed by atoms with E-state index in [-0.39, 0.29) is 17.5 Å². The van der Waals surface area contributed by atoms with Gasteiger partial charge in [0.25, 0.3) is 0 Å². The van der Waals surface area contributed by atoms with Crippen LogP contribution in [0.3, 0.4) is 0 Å². The molecule has 0 saturated carbocycles. The summed E-state index contributed by atoms with van der Waals surface area (Å²) in [7, 11) is 0. The largest absolute Gasteiger partial charge is 0.508 e. The molecule has 1 unspecified atom stereocenters. The van der Waals surface area contributed by atoms with E-state index < -0.39 is 0 Å². The smallest absolute Gasteiger partial charge is 0.120 e. The number of phenols is 2. The molecule has 0 spiro atoms. The van der Waals surface area contributed by atoms with E-state index in [1.54, 1.807) is 6.07 Å². The van der Waals surface area contributed by atoms with Crippen molar-refractivity contribution >= 4 is 0 Å². The number of phenolic OH excluding ortho intramolecular Hbond substituents is 2. The molecule has 1 aromatic carbocycles. The van der Waals surface area contributed by atoms with Crippen molar-refractivity contribution in [2.24, 2.45) is 0 Å². The lowest BCUT2D eigenvalue weighted by Crippen LogP contribution is -2.26. The Bertz CT molecular complexity index is 310. The fourth-order valence-electron chi connectivity index (χ4n) is 1.48. The van der Waals surface area contributed by atoms with Crippen molar-refractivity contribution < 1.29 is 10.2 Å². The Balaban J connectivity index is 2.88. The first-order chi connectivity index (χ1) is 6.50. The zero-order chi connectivity index (χ0) is 10.7. The second-order valence-corrected chi connectivity index (χ2v) is 3.79. The molecule has 0 amide bonds. The quantitative estimate of drug-likeness (QED) is 0.648. The van der Waals surface area contributed by atoms with E-state index in [1.165, 1.54) is 12.1 Å².